The van der Waals surface area contributed by atoms with E-state index in [1.165, 1.54) is 0 Å². The second-order valence-electron chi connectivity index (χ2n) is 7.38. The number of carbonyl (C=O) groups excluding carboxylic acids is 2. The van der Waals surface area contributed by atoms with Crippen LogP contribution in [0, 0.1) is 0 Å². The Kier molecular flexibility index (Phi) is 6.49. The number of hydrogen-bond acceptors (Lipinski definition) is 6. The fraction of sp³-hybridized carbons (Fsp3) is 0.231. The summed E-state index contributed by atoms with van der Waals surface area (Å²) in [6.45, 7) is 2.05. The summed E-state index contributed by atoms with van der Waals surface area (Å²) >= 11 is 0. The molecule has 1 saturated heterocycles. The first-order valence-corrected chi connectivity index (χ1v) is 10.6. The molecule has 1 fully saturated rings. The summed E-state index contributed by atoms with van der Waals surface area (Å²) in [7, 11) is 3.19. The van der Waals surface area contributed by atoms with Gasteiger partial charge in [0.25, 0.3) is 5.91 Å². The summed E-state index contributed by atoms with van der Waals surface area (Å²) in [6, 6.07) is 21.0. The van der Waals surface area contributed by atoms with Crippen LogP contribution in [0.3, 0.4) is 0 Å². The minimum absolute atomic E-state index is 0.189. The lowest BCUT2D eigenvalue weighted by Crippen LogP contribution is -2.61. The van der Waals surface area contributed by atoms with E-state index in [4.69, 9.17) is 18.9 Å². The van der Waals surface area contributed by atoms with Crippen molar-refractivity contribution in [2.75, 3.05) is 25.7 Å². The van der Waals surface area contributed by atoms with Gasteiger partial charge in [-0.2, -0.15) is 0 Å². The molecule has 0 saturated carbocycles. The van der Waals surface area contributed by atoms with Gasteiger partial charge >= 0.3 is 5.97 Å². The molecule has 7 heteroatoms. The number of amides is 1. The highest BCUT2D eigenvalue weighted by atomic mass is 16.5. The van der Waals surface area contributed by atoms with Gasteiger partial charge in [-0.1, -0.05) is 18.2 Å². The van der Waals surface area contributed by atoms with Crippen LogP contribution < -0.4 is 19.1 Å². The van der Waals surface area contributed by atoms with Gasteiger partial charge in [-0.3, -0.25) is 9.69 Å². The number of esters is 1. The lowest BCUT2D eigenvalue weighted by molar-refractivity contribution is -0.135. The molecule has 3 aromatic rings. The predicted molar refractivity (Wildman–Crippen MR) is 123 cm³/mol. The summed E-state index contributed by atoms with van der Waals surface area (Å²) in [5, 5.41) is 0. The molecule has 2 atom stereocenters. The lowest BCUT2D eigenvalue weighted by atomic mass is 9.89. The SMILES string of the molecule is CCOC(=O)c1ccc(N2C(=O)[C@H](Oc3ccc(OC)cc3)[C@H]2c2ccccc2OC)cc1. The minimum atomic E-state index is -0.737. The third kappa shape index (κ3) is 4.35. The molecule has 3 aromatic carbocycles. The number of β-lactam (4-membered cyclic amide) rings is 1. The van der Waals surface area contributed by atoms with Crippen molar-refractivity contribution >= 4 is 17.6 Å². The van der Waals surface area contributed by atoms with E-state index in [0.29, 0.717) is 35.1 Å². The average Bonchev–Trinajstić information content (AvgIpc) is 2.86. The Hall–Kier alpha value is -4.00. The first-order chi connectivity index (χ1) is 16.1. The van der Waals surface area contributed by atoms with E-state index in [9.17, 15) is 9.59 Å². The molecule has 0 N–H and O–H groups in total. The Labute approximate surface area is 192 Å². The Balaban J connectivity index is 1.66. The van der Waals surface area contributed by atoms with Crippen LogP contribution in [0.2, 0.25) is 0 Å². The van der Waals surface area contributed by atoms with Crippen LogP contribution in [0.4, 0.5) is 5.69 Å². The number of benzene rings is 3. The number of ether oxygens (including phenoxy) is 4. The molecule has 7 nitrogen and oxygen atoms in total. The summed E-state index contributed by atoms with van der Waals surface area (Å²) < 4.78 is 21.9. The third-order valence-corrected chi connectivity index (χ3v) is 5.48. The van der Waals surface area contributed by atoms with Gasteiger partial charge in [-0.05, 0) is 61.5 Å². The van der Waals surface area contributed by atoms with E-state index < -0.39 is 18.1 Å². The number of nitrogens with zero attached hydrogens (tertiary/aromatic N) is 1. The van der Waals surface area contributed by atoms with Crippen molar-refractivity contribution in [1.82, 2.24) is 0 Å². The number of hydrogen-bond donors (Lipinski definition) is 0. The van der Waals surface area contributed by atoms with Gasteiger partial charge in [0, 0.05) is 11.3 Å². The van der Waals surface area contributed by atoms with E-state index in [1.54, 1.807) is 74.6 Å². The number of rotatable bonds is 8. The van der Waals surface area contributed by atoms with Crippen LogP contribution >= 0.6 is 0 Å². The number of carbonyl (C=O) groups is 2. The molecule has 0 radical (unpaired) electrons. The molecule has 0 aliphatic carbocycles. The van der Waals surface area contributed by atoms with Gasteiger partial charge in [-0.15, -0.1) is 0 Å². The van der Waals surface area contributed by atoms with Crippen LogP contribution in [0.5, 0.6) is 17.2 Å². The van der Waals surface area contributed by atoms with Crippen molar-refractivity contribution in [3.05, 3.63) is 83.9 Å². The molecule has 0 aromatic heterocycles. The zero-order valence-corrected chi connectivity index (χ0v) is 18.7. The zero-order valence-electron chi connectivity index (χ0n) is 18.7. The molecule has 0 unspecified atom stereocenters. The monoisotopic (exact) mass is 447 g/mol. The van der Waals surface area contributed by atoms with E-state index in [-0.39, 0.29) is 5.91 Å². The Bertz CT molecular complexity index is 1130. The largest absolute Gasteiger partial charge is 0.497 e. The first-order valence-electron chi connectivity index (χ1n) is 10.6. The Morgan fingerprint density at radius 1 is 0.879 bits per heavy atom. The molecule has 1 heterocycles. The number of anilines is 1. The predicted octanol–water partition coefficient (Wildman–Crippen LogP) is 4.42. The third-order valence-electron chi connectivity index (χ3n) is 5.48. The first kappa shape index (κ1) is 22.2. The molecule has 1 aliphatic heterocycles. The summed E-state index contributed by atoms with van der Waals surface area (Å²) in [4.78, 5) is 26.9. The van der Waals surface area contributed by atoms with Gasteiger partial charge in [0.2, 0.25) is 6.10 Å². The van der Waals surface area contributed by atoms with Gasteiger partial charge in [0.15, 0.2) is 0 Å². The topological polar surface area (TPSA) is 74.3 Å². The normalized spacial score (nSPS) is 17.2. The fourth-order valence-corrected chi connectivity index (χ4v) is 3.85. The summed E-state index contributed by atoms with van der Waals surface area (Å²) in [5.41, 5.74) is 1.90. The van der Waals surface area contributed by atoms with Gasteiger partial charge < -0.3 is 18.9 Å². The highest BCUT2D eigenvalue weighted by molar-refractivity contribution is 6.05. The minimum Gasteiger partial charge on any atom is -0.497 e. The van der Waals surface area contributed by atoms with Crippen molar-refractivity contribution in [3.8, 4) is 17.2 Å². The second kappa shape index (κ2) is 9.65. The average molecular weight is 447 g/mol. The van der Waals surface area contributed by atoms with Gasteiger partial charge in [0.05, 0.1) is 26.4 Å². The fourth-order valence-electron chi connectivity index (χ4n) is 3.85. The Morgan fingerprint density at radius 3 is 2.18 bits per heavy atom. The zero-order chi connectivity index (χ0) is 23.4. The maximum Gasteiger partial charge on any atom is 0.338 e. The summed E-state index contributed by atoms with van der Waals surface area (Å²) in [5.74, 6) is 1.33. The standard InChI is InChI=1S/C26H25NO6/c1-4-32-26(29)17-9-11-18(12-10-17)27-23(21-7-5-6-8-22(21)31-3)24(25(27)28)33-20-15-13-19(30-2)14-16-20/h5-16,23-24H,4H2,1-3H3/t23-,24-/m1/s1. The molecule has 33 heavy (non-hydrogen) atoms. The molecule has 1 aliphatic rings. The number of methoxy groups -OCH3 is 2. The van der Waals surface area contributed by atoms with Gasteiger partial charge in [-0.25, -0.2) is 4.79 Å². The number of para-hydroxylation sites is 1. The highest BCUT2D eigenvalue weighted by Crippen LogP contribution is 2.44. The van der Waals surface area contributed by atoms with E-state index >= 15 is 0 Å². The van der Waals surface area contributed by atoms with Crippen LogP contribution in [-0.2, 0) is 9.53 Å². The van der Waals surface area contributed by atoms with Crippen LogP contribution in [-0.4, -0.2) is 38.8 Å². The van der Waals surface area contributed by atoms with Crippen molar-refractivity contribution in [2.24, 2.45) is 0 Å². The molecular formula is C26H25NO6. The maximum atomic E-state index is 13.2. The second-order valence-corrected chi connectivity index (χ2v) is 7.38. The van der Waals surface area contributed by atoms with Crippen molar-refractivity contribution in [2.45, 2.75) is 19.1 Å². The molecule has 1 amide bonds. The van der Waals surface area contributed by atoms with E-state index in [0.717, 1.165) is 5.56 Å². The van der Waals surface area contributed by atoms with E-state index in [2.05, 4.69) is 0 Å². The molecular weight excluding hydrogens is 422 g/mol. The maximum absolute atomic E-state index is 13.2. The quantitative estimate of drug-likeness (QED) is 0.376. The van der Waals surface area contributed by atoms with Crippen LogP contribution in [0.1, 0.15) is 28.9 Å². The Morgan fingerprint density at radius 2 is 1.55 bits per heavy atom. The van der Waals surface area contributed by atoms with Crippen molar-refractivity contribution < 1.29 is 28.5 Å². The van der Waals surface area contributed by atoms with Crippen molar-refractivity contribution in [3.63, 3.8) is 0 Å². The smallest absolute Gasteiger partial charge is 0.338 e. The lowest BCUT2D eigenvalue weighted by Gasteiger charge is -2.47. The van der Waals surface area contributed by atoms with Crippen molar-refractivity contribution in [1.29, 1.82) is 0 Å². The molecule has 0 bridgehead atoms. The summed E-state index contributed by atoms with van der Waals surface area (Å²) in [6.07, 6.45) is -0.737. The van der Waals surface area contributed by atoms with Gasteiger partial charge in [0.1, 0.15) is 23.3 Å². The molecule has 4 rings (SSSR count). The molecule has 170 valence electrons. The van der Waals surface area contributed by atoms with Crippen LogP contribution in [0.25, 0.3) is 0 Å². The van der Waals surface area contributed by atoms with Crippen LogP contribution in [0.15, 0.2) is 72.8 Å². The highest BCUT2D eigenvalue weighted by Gasteiger charge is 2.52. The van der Waals surface area contributed by atoms with E-state index in [1.807, 2.05) is 24.3 Å². The molecule has 0 spiro atoms.